The van der Waals surface area contributed by atoms with Crippen molar-refractivity contribution >= 4 is 0 Å². The lowest BCUT2D eigenvalue weighted by Crippen LogP contribution is -2.19. The summed E-state index contributed by atoms with van der Waals surface area (Å²) in [5, 5.41) is 9.68. The number of aliphatic hydroxyl groups is 1. The van der Waals surface area contributed by atoms with Gasteiger partial charge in [-0.2, -0.15) is 0 Å². The van der Waals surface area contributed by atoms with Crippen LogP contribution in [0.4, 0.5) is 0 Å². The molecule has 0 radical (unpaired) electrons. The molecule has 2 rings (SSSR count). The lowest BCUT2D eigenvalue weighted by atomic mass is 9.86. The van der Waals surface area contributed by atoms with E-state index in [-0.39, 0.29) is 0 Å². The van der Waals surface area contributed by atoms with E-state index in [1.165, 1.54) is 19.3 Å². The Kier molecular flexibility index (Phi) is 3.89. The molecule has 1 atom stereocenters. The smallest absolute Gasteiger partial charge is 0.128 e. The molecule has 1 aromatic rings. The molecule has 1 aliphatic carbocycles. The van der Waals surface area contributed by atoms with Crippen LogP contribution in [-0.4, -0.2) is 18.8 Å². The lowest BCUT2D eigenvalue weighted by Gasteiger charge is -2.26. The molecular formula is C14H20O3. The van der Waals surface area contributed by atoms with E-state index in [0.717, 1.165) is 23.7 Å². The van der Waals surface area contributed by atoms with Gasteiger partial charge in [-0.25, -0.2) is 0 Å². The second-order valence-electron chi connectivity index (χ2n) is 4.69. The Morgan fingerprint density at radius 2 is 2.18 bits per heavy atom. The van der Waals surface area contributed by atoms with Gasteiger partial charge in [0.2, 0.25) is 0 Å². The van der Waals surface area contributed by atoms with E-state index in [1.54, 1.807) is 14.0 Å². The Morgan fingerprint density at radius 1 is 1.41 bits per heavy atom. The van der Waals surface area contributed by atoms with Gasteiger partial charge in [-0.15, -0.1) is 0 Å². The first-order valence-corrected chi connectivity index (χ1v) is 6.19. The van der Waals surface area contributed by atoms with Crippen LogP contribution in [-0.2, 0) is 0 Å². The molecule has 0 unspecified atom stereocenters. The SMILES string of the molecule is COc1ccc([C@@H](C)O)c(OCC2CCC2)c1. The molecule has 0 aromatic heterocycles. The average Bonchev–Trinajstić information content (AvgIpc) is 2.26. The standard InChI is InChI=1S/C14H20O3/c1-10(15)13-7-6-12(16-2)8-14(13)17-9-11-4-3-5-11/h6-8,10-11,15H,3-5,9H2,1-2H3/t10-/m1/s1. The summed E-state index contributed by atoms with van der Waals surface area (Å²) in [5.74, 6) is 2.19. The van der Waals surface area contributed by atoms with Gasteiger partial charge in [-0.1, -0.05) is 6.42 Å². The molecule has 0 bridgehead atoms. The van der Waals surface area contributed by atoms with Crippen LogP contribution in [0.25, 0.3) is 0 Å². The highest BCUT2D eigenvalue weighted by atomic mass is 16.5. The number of rotatable bonds is 5. The van der Waals surface area contributed by atoms with E-state index in [4.69, 9.17) is 9.47 Å². The Labute approximate surface area is 102 Å². The van der Waals surface area contributed by atoms with Crippen molar-refractivity contribution in [2.24, 2.45) is 5.92 Å². The number of benzene rings is 1. The molecule has 0 heterocycles. The molecule has 1 aromatic carbocycles. The number of hydrogen-bond acceptors (Lipinski definition) is 3. The zero-order chi connectivity index (χ0) is 12.3. The first kappa shape index (κ1) is 12.2. The molecule has 0 aliphatic heterocycles. The van der Waals surface area contributed by atoms with Gasteiger partial charge >= 0.3 is 0 Å². The number of methoxy groups -OCH3 is 1. The molecule has 0 amide bonds. The Balaban J connectivity index is 2.09. The first-order valence-electron chi connectivity index (χ1n) is 6.19. The van der Waals surface area contributed by atoms with E-state index in [1.807, 2.05) is 18.2 Å². The van der Waals surface area contributed by atoms with Crippen molar-refractivity contribution in [1.82, 2.24) is 0 Å². The molecule has 17 heavy (non-hydrogen) atoms. The number of ether oxygens (including phenoxy) is 2. The van der Waals surface area contributed by atoms with Crippen molar-refractivity contribution in [1.29, 1.82) is 0 Å². The highest BCUT2D eigenvalue weighted by Crippen LogP contribution is 2.32. The minimum atomic E-state index is -0.516. The van der Waals surface area contributed by atoms with Crippen molar-refractivity contribution in [3.05, 3.63) is 23.8 Å². The fourth-order valence-electron chi connectivity index (χ4n) is 1.98. The predicted octanol–water partition coefficient (Wildman–Crippen LogP) is 2.93. The van der Waals surface area contributed by atoms with Crippen molar-refractivity contribution < 1.29 is 14.6 Å². The van der Waals surface area contributed by atoms with Crippen LogP contribution in [0.15, 0.2) is 18.2 Å². The van der Waals surface area contributed by atoms with Crippen LogP contribution in [0, 0.1) is 5.92 Å². The second-order valence-corrected chi connectivity index (χ2v) is 4.69. The van der Waals surface area contributed by atoms with Crippen molar-refractivity contribution in [2.45, 2.75) is 32.3 Å². The summed E-state index contributed by atoms with van der Waals surface area (Å²) in [7, 11) is 1.63. The minimum Gasteiger partial charge on any atom is -0.497 e. The fraction of sp³-hybridized carbons (Fsp3) is 0.571. The molecule has 94 valence electrons. The summed E-state index contributed by atoms with van der Waals surface area (Å²) in [5.41, 5.74) is 0.824. The maximum atomic E-state index is 9.68. The van der Waals surface area contributed by atoms with Crippen LogP contribution in [0.1, 0.15) is 37.9 Å². The summed E-state index contributed by atoms with van der Waals surface area (Å²) in [4.78, 5) is 0. The van der Waals surface area contributed by atoms with Crippen molar-refractivity contribution in [2.75, 3.05) is 13.7 Å². The van der Waals surface area contributed by atoms with Crippen molar-refractivity contribution in [3.8, 4) is 11.5 Å². The summed E-state index contributed by atoms with van der Waals surface area (Å²) >= 11 is 0. The summed E-state index contributed by atoms with van der Waals surface area (Å²) in [6.07, 6.45) is 3.31. The molecule has 3 heteroatoms. The largest absolute Gasteiger partial charge is 0.497 e. The van der Waals surface area contributed by atoms with Gasteiger partial charge in [-0.05, 0) is 37.8 Å². The van der Waals surface area contributed by atoms with Gasteiger partial charge < -0.3 is 14.6 Å². The Hall–Kier alpha value is -1.22. The molecule has 3 nitrogen and oxygen atoms in total. The molecule has 1 fully saturated rings. The second kappa shape index (κ2) is 5.41. The lowest BCUT2D eigenvalue weighted by molar-refractivity contribution is 0.164. The van der Waals surface area contributed by atoms with Gasteiger partial charge in [0.05, 0.1) is 19.8 Å². The molecule has 0 spiro atoms. The van der Waals surface area contributed by atoms with Gasteiger partial charge in [0, 0.05) is 11.6 Å². The summed E-state index contributed by atoms with van der Waals surface area (Å²) in [6.45, 7) is 2.49. The van der Waals surface area contributed by atoms with E-state index < -0.39 is 6.10 Å². The highest BCUT2D eigenvalue weighted by Gasteiger charge is 2.19. The topological polar surface area (TPSA) is 38.7 Å². The predicted molar refractivity (Wildman–Crippen MR) is 66.5 cm³/mol. The van der Waals surface area contributed by atoms with Crippen molar-refractivity contribution in [3.63, 3.8) is 0 Å². The Bertz CT molecular complexity index is 370. The van der Waals surface area contributed by atoms with Gasteiger partial charge in [0.15, 0.2) is 0 Å². The molecular weight excluding hydrogens is 216 g/mol. The molecule has 1 N–H and O–H groups in total. The van der Waals surface area contributed by atoms with Gasteiger partial charge in [0.1, 0.15) is 11.5 Å². The first-order chi connectivity index (χ1) is 8.20. The average molecular weight is 236 g/mol. The molecule has 0 saturated heterocycles. The third-order valence-electron chi connectivity index (χ3n) is 3.37. The Morgan fingerprint density at radius 3 is 2.71 bits per heavy atom. The summed E-state index contributed by atoms with van der Waals surface area (Å²) in [6, 6.07) is 5.55. The van der Waals surface area contributed by atoms with Crippen LogP contribution < -0.4 is 9.47 Å². The van der Waals surface area contributed by atoms with Gasteiger partial charge in [-0.3, -0.25) is 0 Å². The minimum absolute atomic E-state index is 0.516. The zero-order valence-corrected chi connectivity index (χ0v) is 10.5. The molecule has 1 aliphatic rings. The number of hydrogen-bond donors (Lipinski definition) is 1. The van der Waals surface area contributed by atoms with E-state index >= 15 is 0 Å². The third kappa shape index (κ3) is 2.91. The monoisotopic (exact) mass is 236 g/mol. The normalized spacial score (nSPS) is 17.4. The van der Waals surface area contributed by atoms with Crippen LogP contribution >= 0.6 is 0 Å². The van der Waals surface area contributed by atoms with Crippen LogP contribution in [0.2, 0.25) is 0 Å². The molecule has 1 saturated carbocycles. The van der Waals surface area contributed by atoms with Crippen LogP contribution in [0.3, 0.4) is 0 Å². The highest BCUT2D eigenvalue weighted by molar-refractivity contribution is 5.41. The van der Waals surface area contributed by atoms with E-state index in [9.17, 15) is 5.11 Å². The third-order valence-corrected chi connectivity index (χ3v) is 3.37. The fourth-order valence-corrected chi connectivity index (χ4v) is 1.98. The van der Waals surface area contributed by atoms with E-state index in [0.29, 0.717) is 5.92 Å². The quantitative estimate of drug-likeness (QED) is 0.854. The zero-order valence-electron chi connectivity index (χ0n) is 10.5. The summed E-state index contributed by atoms with van der Waals surface area (Å²) < 4.78 is 11.0. The van der Waals surface area contributed by atoms with E-state index in [2.05, 4.69) is 0 Å². The van der Waals surface area contributed by atoms with Gasteiger partial charge in [0.25, 0.3) is 0 Å². The maximum Gasteiger partial charge on any atom is 0.128 e. The number of aliphatic hydroxyl groups excluding tert-OH is 1. The van der Waals surface area contributed by atoms with Crippen LogP contribution in [0.5, 0.6) is 11.5 Å². The maximum absolute atomic E-state index is 9.68.